The van der Waals surface area contributed by atoms with E-state index in [1.54, 1.807) is 12.1 Å². The van der Waals surface area contributed by atoms with Gasteiger partial charge in [-0.05, 0) is 12.5 Å². The van der Waals surface area contributed by atoms with Gasteiger partial charge >= 0.3 is 5.97 Å². The Balaban J connectivity index is 2.55. The number of nitrogens with zero attached hydrogens (tertiary/aromatic N) is 1. The summed E-state index contributed by atoms with van der Waals surface area (Å²) >= 11 is 0. The summed E-state index contributed by atoms with van der Waals surface area (Å²) in [6.45, 7) is 0.520. The molecule has 0 bridgehead atoms. The Morgan fingerprint density at radius 2 is 2.31 bits per heavy atom. The van der Waals surface area contributed by atoms with Gasteiger partial charge in [-0.25, -0.2) is 0 Å². The van der Waals surface area contributed by atoms with Gasteiger partial charge in [0.05, 0.1) is 5.92 Å². The van der Waals surface area contributed by atoms with Crippen molar-refractivity contribution in [1.82, 2.24) is 4.57 Å². The zero-order chi connectivity index (χ0) is 9.42. The Morgan fingerprint density at radius 3 is 3.00 bits per heavy atom. The number of carboxylic acid groups (broad SMARTS) is 1. The van der Waals surface area contributed by atoms with E-state index < -0.39 is 11.9 Å². The molecule has 4 nitrogen and oxygen atoms in total. The lowest BCUT2D eigenvalue weighted by Gasteiger charge is -2.04. The molecule has 1 aliphatic rings. The Bertz CT molecular complexity index is 408. The van der Waals surface area contributed by atoms with Crippen molar-refractivity contribution < 1.29 is 9.90 Å². The maximum atomic E-state index is 11.2. The van der Waals surface area contributed by atoms with E-state index in [9.17, 15) is 9.59 Å². The third-order valence-corrected chi connectivity index (χ3v) is 2.38. The zero-order valence-electron chi connectivity index (χ0n) is 6.93. The van der Waals surface area contributed by atoms with Gasteiger partial charge in [0.15, 0.2) is 0 Å². The molecule has 1 aliphatic heterocycles. The summed E-state index contributed by atoms with van der Waals surface area (Å²) in [7, 11) is 0. The summed E-state index contributed by atoms with van der Waals surface area (Å²) in [4.78, 5) is 22.0. The van der Waals surface area contributed by atoms with Crippen molar-refractivity contribution in [1.29, 1.82) is 0 Å². The maximum Gasteiger partial charge on any atom is 0.312 e. The predicted octanol–water partition coefficient (Wildman–Crippen LogP) is 0.420. The number of pyridine rings is 1. The van der Waals surface area contributed by atoms with Crippen molar-refractivity contribution in [2.45, 2.75) is 18.9 Å². The van der Waals surface area contributed by atoms with Crippen LogP contribution in [-0.4, -0.2) is 15.6 Å². The van der Waals surface area contributed by atoms with Crippen molar-refractivity contribution in [3.63, 3.8) is 0 Å². The first kappa shape index (κ1) is 8.04. The van der Waals surface area contributed by atoms with Crippen LogP contribution in [0.3, 0.4) is 0 Å². The molecule has 0 saturated carbocycles. The van der Waals surface area contributed by atoms with Crippen molar-refractivity contribution >= 4 is 5.97 Å². The highest BCUT2D eigenvalue weighted by Crippen LogP contribution is 2.25. The molecule has 0 fully saturated rings. The molecule has 4 heteroatoms. The molecule has 0 aliphatic carbocycles. The molecular formula is C9H9NO3. The number of fused-ring (bicyclic) bond motifs is 1. The minimum atomic E-state index is -0.850. The van der Waals surface area contributed by atoms with Gasteiger partial charge in [-0.3, -0.25) is 9.59 Å². The average Bonchev–Trinajstić information content (AvgIpc) is 2.48. The fourth-order valence-electron chi connectivity index (χ4n) is 1.74. The van der Waals surface area contributed by atoms with Gasteiger partial charge in [0, 0.05) is 18.3 Å². The first-order valence-corrected chi connectivity index (χ1v) is 4.12. The second-order valence-corrected chi connectivity index (χ2v) is 3.12. The van der Waals surface area contributed by atoms with Crippen LogP contribution in [0.25, 0.3) is 0 Å². The van der Waals surface area contributed by atoms with Gasteiger partial charge in [0.1, 0.15) is 0 Å². The van der Waals surface area contributed by atoms with Crippen molar-refractivity contribution in [3.05, 3.63) is 34.2 Å². The first-order valence-electron chi connectivity index (χ1n) is 4.12. The predicted molar refractivity (Wildman–Crippen MR) is 45.7 cm³/mol. The third-order valence-electron chi connectivity index (χ3n) is 2.38. The number of aliphatic carboxylic acids is 1. The number of carbonyl (C=O) groups is 1. The molecule has 2 heterocycles. The van der Waals surface area contributed by atoms with Crippen LogP contribution in [0.15, 0.2) is 23.0 Å². The molecule has 1 aromatic heterocycles. The van der Waals surface area contributed by atoms with E-state index in [4.69, 9.17) is 5.11 Å². The van der Waals surface area contributed by atoms with Crippen LogP contribution in [0.2, 0.25) is 0 Å². The largest absolute Gasteiger partial charge is 0.481 e. The quantitative estimate of drug-likeness (QED) is 0.679. The Hall–Kier alpha value is -1.58. The van der Waals surface area contributed by atoms with E-state index in [1.165, 1.54) is 10.6 Å². The lowest BCUT2D eigenvalue weighted by atomic mass is 10.1. The minimum Gasteiger partial charge on any atom is -0.481 e. The molecule has 0 aromatic carbocycles. The fraction of sp³-hybridized carbons (Fsp3) is 0.333. The zero-order valence-corrected chi connectivity index (χ0v) is 6.93. The summed E-state index contributed by atoms with van der Waals surface area (Å²) in [5.74, 6) is -1.36. The highest BCUT2D eigenvalue weighted by Gasteiger charge is 2.28. The second-order valence-electron chi connectivity index (χ2n) is 3.12. The summed E-state index contributed by atoms with van der Waals surface area (Å²) in [6.07, 6.45) is 0.522. The molecule has 0 amide bonds. The molecule has 0 spiro atoms. The Kier molecular flexibility index (Phi) is 1.69. The summed E-state index contributed by atoms with van der Waals surface area (Å²) in [5, 5.41) is 8.84. The van der Waals surface area contributed by atoms with Gasteiger partial charge in [-0.2, -0.15) is 0 Å². The number of carboxylic acids is 1. The van der Waals surface area contributed by atoms with E-state index in [0.29, 0.717) is 18.7 Å². The van der Waals surface area contributed by atoms with Crippen LogP contribution in [0.1, 0.15) is 18.0 Å². The SMILES string of the molecule is O=C(O)C1CCn2c1cccc2=O. The van der Waals surface area contributed by atoms with Gasteiger partial charge < -0.3 is 9.67 Å². The van der Waals surface area contributed by atoms with Gasteiger partial charge in [0.2, 0.25) is 0 Å². The summed E-state index contributed by atoms with van der Waals surface area (Å²) in [6, 6.07) is 4.76. The normalized spacial score (nSPS) is 19.8. The fourth-order valence-corrected chi connectivity index (χ4v) is 1.74. The lowest BCUT2D eigenvalue weighted by molar-refractivity contribution is -0.138. The van der Waals surface area contributed by atoms with E-state index in [-0.39, 0.29) is 5.56 Å². The van der Waals surface area contributed by atoms with Crippen LogP contribution in [0.5, 0.6) is 0 Å². The van der Waals surface area contributed by atoms with E-state index in [1.807, 2.05) is 0 Å². The lowest BCUT2D eigenvalue weighted by Crippen LogP contribution is -2.18. The maximum absolute atomic E-state index is 11.2. The second kappa shape index (κ2) is 2.73. The minimum absolute atomic E-state index is 0.110. The number of hydrogen-bond donors (Lipinski definition) is 1. The topological polar surface area (TPSA) is 59.3 Å². The molecule has 1 N–H and O–H groups in total. The smallest absolute Gasteiger partial charge is 0.312 e. The molecule has 13 heavy (non-hydrogen) atoms. The van der Waals surface area contributed by atoms with Crippen LogP contribution in [-0.2, 0) is 11.3 Å². The van der Waals surface area contributed by atoms with Crippen LogP contribution < -0.4 is 5.56 Å². The highest BCUT2D eigenvalue weighted by atomic mass is 16.4. The van der Waals surface area contributed by atoms with Crippen molar-refractivity contribution in [2.75, 3.05) is 0 Å². The van der Waals surface area contributed by atoms with Gasteiger partial charge in [-0.1, -0.05) is 6.07 Å². The van der Waals surface area contributed by atoms with E-state index in [0.717, 1.165) is 0 Å². The Labute approximate surface area is 74.4 Å². The molecule has 1 aromatic rings. The van der Waals surface area contributed by atoms with Crippen LogP contribution >= 0.6 is 0 Å². The van der Waals surface area contributed by atoms with Crippen molar-refractivity contribution in [3.8, 4) is 0 Å². The molecule has 0 radical (unpaired) electrons. The van der Waals surface area contributed by atoms with E-state index in [2.05, 4.69) is 0 Å². The highest BCUT2D eigenvalue weighted by molar-refractivity contribution is 5.75. The standard InChI is InChI=1S/C9H9NO3/c11-8-3-1-2-7-6(9(12)13)4-5-10(7)8/h1-3,6H,4-5H2,(H,12,13). The molecular weight excluding hydrogens is 170 g/mol. The molecule has 68 valence electrons. The number of hydrogen-bond acceptors (Lipinski definition) is 2. The van der Waals surface area contributed by atoms with Crippen LogP contribution in [0, 0.1) is 0 Å². The summed E-state index contributed by atoms with van der Waals surface area (Å²) in [5.41, 5.74) is 0.515. The van der Waals surface area contributed by atoms with Crippen LogP contribution in [0.4, 0.5) is 0 Å². The Morgan fingerprint density at radius 1 is 1.54 bits per heavy atom. The molecule has 2 rings (SSSR count). The number of rotatable bonds is 1. The molecule has 0 saturated heterocycles. The van der Waals surface area contributed by atoms with Crippen molar-refractivity contribution in [2.24, 2.45) is 0 Å². The van der Waals surface area contributed by atoms with Gasteiger partial charge in [0.25, 0.3) is 5.56 Å². The first-order chi connectivity index (χ1) is 6.20. The third kappa shape index (κ3) is 1.14. The summed E-state index contributed by atoms with van der Waals surface area (Å²) < 4.78 is 1.53. The van der Waals surface area contributed by atoms with E-state index >= 15 is 0 Å². The monoisotopic (exact) mass is 179 g/mol. The molecule has 1 unspecified atom stereocenters. The van der Waals surface area contributed by atoms with Gasteiger partial charge in [-0.15, -0.1) is 0 Å². The number of aromatic nitrogens is 1. The average molecular weight is 179 g/mol. The molecule has 1 atom stereocenters.